The van der Waals surface area contributed by atoms with Gasteiger partial charge in [0.05, 0.1) is 0 Å². The van der Waals surface area contributed by atoms with Gasteiger partial charge in [-0.25, -0.2) is 0 Å². The van der Waals surface area contributed by atoms with Crippen molar-refractivity contribution >= 4 is 10.9 Å². The van der Waals surface area contributed by atoms with Crippen LogP contribution in [0, 0.1) is 0 Å². The number of rotatable bonds is 6. The molecule has 1 aromatic carbocycles. The first-order valence-corrected chi connectivity index (χ1v) is 6.92. The summed E-state index contributed by atoms with van der Waals surface area (Å²) in [5.41, 5.74) is 1.92. The molecule has 0 amide bonds. The van der Waals surface area contributed by atoms with Crippen LogP contribution in [0.25, 0.3) is 10.9 Å². The second kappa shape index (κ2) is 6.39. The van der Waals surface area contributed by atoms with Gasteiger partial charge in [-0.05, 0) is 30.4 Å². The smallest absolute Gasteiger partial charge is 0.251 e. The van der Waals surface area contributed by atoms with Gasteiger partial charge in [0.25, 0.3) is 5.56 Å². The van der Waals surface area contributed by atoms with Crippen molar-refractivity contribution in [1.82, 2.24) is 4.98 Å². The van der Waals surface area contributed by atoms with Crippen LogP contribution in [0.2, 0.25) is 0 Å². The fraction of sp³-hybridized carbons (Fsp3) is 0.438. The highest BCUT2D eigenvalue weighted by Gasteiger charge is 2.02. The van der Waals surface area contributed by atoms with Crippen molar-refractivity contribution in [3.05, 3.63) is 46.2 Å². The Kier molecular flexibility index (Phi) is 4.57. The van der Waals surface area contributed by atoms with E-state index in [4.69, 9.17) is 0 Å². The monoisotopic (exact) mass is 243 g/mol. The van der Waals surface area contributed by atoms with Crippen molar-refractivity contribution in [2.45, 2.75) is 45.4 Å². The van der Waals surface area contributed by atoms with Crippen molar-refractivity contribution in [1.29, 1.82) is 0 Å². The third-order valence-electron chi connectivity index (χ3n) is 3.38. The quantitative estimate of drug-likeness (QED) is 0.763. The molecule has 0 atom stereocenters. The predicted molar refractivity (Wildman–Crippen MR) is 77.0 cm³/mol. The van der Waals surface area contributed by atoms with E-state index in [1.54, 1.807) is 0 Å². The minimum Gasteiger partial charge on any atom is -0.322 e. The Hall–Kier alpha value is -1.57. The van der Waals surface area contributed by atoms with Gasteiger partial charge in [0.1, 0.15) is 0 Å². The molecule has 0 unspecified atom stereocenters. The van der Waals surface area contributed by atoms with Crippen LogP contribution in [0.4, 0.5) is 0 Å². The molecule has 0 aliphatic heterocycles. The summed E-state index contributed by atoms with van der Waals surface area (Å²) < 4.78 is 0. The van der Waals surface area contributed by atoms with Crippen LogP contribution in [0.3, 0.4) is 0 Å². The van der Waals surface area contributed by atoms with Crippen molar-refractivity contribution in [2.75, 3.05) is 0 Å². The maximum atomic E-state index is 11.9. The van der Waals surface area contributed by atoms with E-state index in [2.05, 4.69) is 11.9 Å². The van der Waals surface area contributed by atoms with Gasteiger partial charge in [-0.1, -0.05) is 50.8 Å². The molecule has 2 heteroatoms. The molecule has 1 aromatic heterocycles. The second-order valence-corrected chi connectivity index (χ2v) is 4.88. The highest BCUT2D eigenvalue weighted by Crippen LogP contribution is 2.12. The van der Waals surface area contributed by atoms with Crippen molar-refractivity contribution in [3.8, 4) is 0 Å². The number of H-pyrrole nitrogens is 1. The number of benzene rings is 1. The average molecular weight is 243 g/mol. The van der Waals surface area contributed by atoms with Crippen LogP contribution in [-0.4, -0.2) is 4.98 Å². The lowest BCUT2D eigenvalue weighted by atomic mass is 10.1. The maximum absolute atomic E-state index is 11.9. The number of unbranched alkanes of at least 4 members (excludes halogenated alkanes) is 4. The highest BCUT2D eigenvalue weighted by atomic mass is 16.1. The van der Waals surface area contributed by atoms with Crippen molar-refractivity contribution < 1.29 is 0 Å². The molecular formula is C16H21NO. The minimum atomic E-state index is 0.0733. The fourth-order valence-electron chi connectivity index (χ4n) is 2.30. The number of hydrogen-bond donors (Lipinski definition) is 1. The molecular weight excluding hydrogens is 222 g/mol. The molecule has 2 nitrogen and oxygen atoms in total. The van der Waals surface area contributed by atoms with Crippen LogP contribution in [0.15, 0.2) is 35.1 Å². The maximum Gasteiger partial charge on any atom is 0.251 e. The van der Waals surface area contributed by atoms with E-state index >= 15 is 0 Å². The summed E-state index contributed by atoms with van der Waals surface area (Å²) in [6, 6.07) is 9.98. The first-order valence-electron chi connectivity index (χ1n) is 6.92. The number of fused-ring (bicyclic) bond motifs is 1. The first-order chi connectivity index (χ1) is 8.81. The van der Waals surface area contributed by atoms with Gasteiger partial charge in [-0.2, -0.15) is 0 Å². The SMILES string of the molecule is CCCCCCCc1cc2ccccc2[nH]c1=O. The molecule has 0 saturated heterocycles. The molecule has 0 fully saturated rings. The zero-order valence-corrected chi connectivity index (χ0v) is 11.0. The van der Waals surface area contributed by atoms with Crippen molar-refractivity contribution in [3.63, 3.8) is 0 Å². The highest BCUT2D eigenvalue weighted by molar-refractivity contribution is 5.78. The van der Waals surface area contributed by atoms with Gasteiger partial charge >= 0.3 is 0 Å². The van der Waals surface area contributed by atoms with Crippen LogP contribution in [0.1, 0.15) is 44.6 Å². The zero-order valence-electron chi connectivity index (χ0n) is 11.0. The number of hydrogen-bond acceptors (Lipinski definition) is 1. The average Bonchev–Trinajstić information content (AvgIpc) is 2.39. The molecule has 0 bridgehead atoms. The molecule has 96 valence electrons. The third-order valence-corrected chi connectivity index (χ3v) is 3.38. The summed E-state index contributed by atoms with van der Waals surface area (Å²) in [7, 11) is 0. The molecule has 0 saturated carbocycles. The van der Waals surface area contributed by atoms with Gasteiger partial charge in [0.15, 0.2) is 0 Å². The Bertz CT molecular complexity index is 556. The molecule has 2 aromatic rings. The lowest BCUT2D eigenvalue weighted by Crippen LogP contribution is -2.12. The summed E-state index contributed by atoms with van der Waals surface area (Å²) in [5.74, 6) is 0. The summed E-state index contributed by atoms with van der Waals surface area (Å²) in [4.78, 5) is 14.9. The van der Waals surface area contributed by atoms with Gasteiger partial charge in [-0.15, -0.1) is 0 Å². The minimum absolute atomic E-state index is 0.0733. The van der Waals surface area contributed by atoms with E-state index in [1.165, 1.54) is 25.7 Å². The Morgan fingerprint density at radius 2 is 1.83 bits per heavy atom. The molecule has 1 heterocycles. The molecule has 0 aliphatic carbocycles. The van der Waals surface area contributed by atoms with Crippen LogP contribution in [-0.2, 0) is 6.42 Å². The largest absolute Gasteiger partial charge is 0.322 e. The van der Waals surface area contributed by atoms with E-state index in [-0.39, 0.29) is 5.56 Å². The van der Waals surface area contributed by atoms with Crippen LogP contribution < -0.4 is 5.56 Å². The normalized spacial score (nSPS) is 10.9. The number of nitrogens with one attached hydrogen (secondary N) is 1. The Morgan fingerprint density at radius 1 is 1.06 bits per heavy atom. The van der Waals surface area contributed by atoms with E-state index in [1.807, 2.05) is 30.3 Å². The zero-order chi connectivity index (χ0) is 12.8. The molecule has 0 radical (unpaired) electrons. The van der Waals surface area contributed by atoms with Gasteiger partial charge in [0.2, 0.25) is 0 Å². The molecule has 0 aliphatic rings. The van der Waals surface area contributed by atoms with Gasteiger partial charge in [0, 0.05) is 11.1 Å². The van der Waals surface area contributed by atoms with E-state index in [9.17, 15) is 4.79 Å². The number of pyridine rings is 1. The number of para-hydroxylation sites is 1. The summed E-state index contributed by atoms with van der Waals surface area (Å²) in [5, 5.41) is 1.13. The standard InChI is InChI=1S/C16H21NO/c1-2-3-4-5-6-10-14-12-13-9-7-8-11-15(13)17-16(14)18/h7-9,11-12H,2-6,10H2,1H3,(H,17,18). The number of aromatic amines is 1. The predicted octanol–water partition coefficient (Wildman–Crippen LogP) is 4.04. The van der Waals surface area contributed by atoms with E-state index in [0.717, 1.165) is 29.3 Å². The number of aryl methyl sites for hydroxylation is 1. The van der Waals surface area contributed by atoms with Crippen LogP contribution >= 0.6 is 0 Å². The molecule has 18 heavy (non-hydrogen) atoms. The van der Waals surface area contributed by atoms with Gasteiger partial charge in [-0.3, -0.25) is 4.79 Å². The third kappa shape index (κ3) is 3.22. The van der Waals surface area contributed by atoms with E-state index < -0.39 is 0 Å². The summed E-state index contributed by atoms with van der Waals surface area (Å²) >= 11 is 0. The lowest BCUT2D eigenvalue weighted by Gasteiger charge is -2.03. The second-order valence-electron chi connectivity index (χ2n) is 4.88. The van der Waals surface area contributed by atoms with Crippen LogP contribution in [0.5, 0.6) is 0 Å². The fourth-order valence-corrected chi connectivity index (χ4v) is 2.30. The van der Waals surface area contributed by atoms with E-state index in [0.29, 0.717) is 0 Å². The molecule has 2 rings (SSSR count). The van der Waals surface area contributed by atoms with Crippen molar-refractivity contribution in [2.24, 2.45) is 0 Å². The molecule has 1 N–H and O–H groups in total. The first kappa shape index (κ1) is 12.9. The Morgan fingerprint density at radius 3 is 2.67 bits per heavy atom. The summed E-state index contributed by atoms with van der Waals surface area (Å²) in [6.45, 7) is 2.22. The lowest BCUT2D eigenvalue weighted by molar-refractivity contribution is 0.631. The molecule has 0 spiro atoms. The topological polar surface area (TPSA) is 32.9 Å². The Balaban J connectivity index is 2.04. The number of aromatic nitrogens is 1. The van der Waals surface area contributed by atoms with Gasteiger partial charge < -0.3 is 4.98 Å². The Labute approximate surface area is 108 Å². The summed E-state index contributed by atoms with van der Waals surface area (Å²) in [6.07, 6.45) is 7.07.